The van der Waals surface area contributed by atoms with Crippen molar-refractivity contribution in [2.24, 2.45) is 0 Å². The number of fused-ring (bicyclic) bond motifs is 1. The lowest BCUT2D eigenvalue weighted by molar-refractivity contribution is -0.0366. The molecule has 1 aromatic carbocycles. The number of rotatable bonds is 7. The summed E-state index contributed by atoms with van der Waals surface area (Å²) in [7, 11) is -3.35. The van der Waals surface area contributed by atoms with Gasteiger partial charge in [0, 0.05) is 16.5 Å². The van der Waals surface area contributed by atoms with Crippen molar-refractivity contribution < 1.29 is 17.3 Å². The molecule has 0 saturated carbocycles. The van der Waals surface area contributed by atoms with E-state index in [1.807, 2.05) is 10.9 Å². The van der Waals surface area contributed by atoms with Gasteiger partial charge in [0.25, 0.3) is 10.1 Å². The van der Waals surface area contributed by atoms with E-state index in [1.54, 1.807) is 0 Å². The van der Waals surface area contributed by atoms with Crippen LogP contribution in [-0.2, 0) is 25.5 Å². The van der Waals surface area contributed by atoms with Crippen molar-refractivity contribution in [3.63, 3.8) is 0 Å². The lowest BCUT2D eigenvalue weighted by atomic mass is 10.0. The maximum atomic E-state index is 11.0. The van der Waals surface area contributed by atoms with Gasteiger partial charge in [-0.2, -0.15) is 13.5 Å². The minimum absolute atomic E-state index is 0.0199. The Morgan fingerprint density at radius 2 is 2.19 bits per heavy atom. The van der Waals surface area contributed by atoms with Crippen LogP contribution in [0, 0.1) is 6.92 Å². The van der Waals surface area contributed by atoms with Gasteiger partial charge in [-0.1, -0.05) is 0 Å². The van der Waals surface area contributed by atoms with Gasteiger partial charge in [0.05, 0.1) is 24.6 Å². The molecule has 26 heavy (non-hydrogen) atoms. The second-order valence-corrected chi connectivity index (χ2v) is 9.25. The summed E-state index contributed by atoms with van der Waals surface area (Å²) in [4.78, 5) is 0. The summed E-state index contributed by atoms with van der Waals surface area (Å²) < 4.78 is 35.8. The molecule has 1 aliphatic heterocycles. The molecule has 1 fully saturated rings. The summed E-state index contributed by atoms with van der Waals surface area (Å²) in [5.41, 5.74) is 3.53. The zero-order valence-electron chi connectivity index (χ0n) is 15.2. The molecule has 0 N–H and O–H groups in total. The Morgan fingerprint density at radius 1 is 1.38 bits per heavy atom. The van der Waals surface area contributed by atoms with Gasteiger partial charge in [0.15, 0.2) is 6.23 Å². The molecule has 2 heterocycles. The zero-order chi connectivity index (χ0) is 18.7. The van der Waals surface area contributed by atoms with Crippen LogP contribution in [0.25, 0.3) is 10.9 Å². The van der Waals surface area contributed by atoms with Crippen molar-refractivity contribution in [3.8, 4) is 0 Å². The molecule has 0 spiro atoms. The predicted octanol–water partition coefficient (Wildman–Crippen LogP) is 4.11. The van der Waals surface area contributed by atoms with Gasteiger partial charge in [-0.15, -0.1) is 0 Å². The maximum absolute atomic E-state index is 11.0. The van der Waals surface area contributed by atoms with E-state index in [1.165, 1.54) is 17.5 Å². The largest absolute Gasteiger partial charge is 0.356 e. The van der Waals surface area contributed by atoms with Gasteiger partial charge >= 0.3 is 0 Å². The normalized spacial score (nSPS) is 18.5. The van der Waals surface area contributed by atoms with Crippen molar-refractivity contribution in [2.75, 3.05) is 19.5 Å². The maximum Gasteiger partial charge on any atom is 0.264 e. The second kappa shape index (κ2) is 8.37. The summed E-state index contributed by atoms with van der Waals surface area (Å²) >= 11 is 3.75. The molecule has 1 atom stereocenters. The fourth-order valence-electron chi connectivity index (χ4n) is 3.38. The molecule has 1 saturated heterocycles. The first-order valence-electron chi connectivity index (χ1n) is 8.98. The van der Waals surface area contributed by atoms with Gasteiger partial charge in [-0.05, 0) is 78.6 Å². The topological polar surface area (TPSA) is 70.4 Å². The number of hydrogen-bond acceptors (Lipinski definition) is 5. The van der Waals surface area contributed by atoms with E-state index < -0.39 is 10.1 Å². The predicted molar refractivity (Wildman–Crippen MR) is 105 cm³/mol. The van der Waals surface area contributed by atoms with Crippen LogP contribution in [0.2, 0.25) is 0 Å². The van der Waals surface area contributed by atoms with E-state index >= 15 is 0 Å². The van der Waals surface area contributed by atoms with E-state index in [9.17, 15) is 8.42 Å². The number of aryl methyl sites for hydroxylation is 1. The third kappa shape index (κ3) is 4.65. The first-order chi connectivity index (χ1) is 12.4. The highest BCUT2D eigenvalue weighted by Crippen LogP contribution is 2.34. The quantitative estimate of drug-likeness (QED) is 0.474. The highest BCUT2D eigenvalue weighted by molar-refractivity contribution is 9.10. The molecule has 2 aromatic rings. The van der Waals surface area contributed by atoms with Crippen molar-refractivity contribution in [2.45, 2.75) is 51.7 Å². The number of benzene rings is 1. The molecule has 0 bridgehead atoms. The van der Waals surface area contributed by atoms with E-state index in [-0.39, 0.29) is 12.8 Å². The Hall–Kier alpha value is -0.960. The Bertz CT molecular complexity index is 873. The van der Waals surface area contributed by atoms with Crippen LogP contribution in [-0.4, -0.2) is 37.7 Å². The Balaban J connectivity index is 1.73. The summed E-state index contributed by atoms with van der Waals surface area (Å²) in [6, 6.07) is 2.17. The van der Waals surface area contributed by atoms with E-state index in [2.05, 4.69) is 34.0 Å². The van der Waals surface area contributed by atoms with Crippen LogP contribution < -0.4 is 0 Å². The second-order valence-electron chi connectivity index (χ2n) is 6.81. The lowest BCUT2D eigenvalue weighted by Crippen LogP contribution is -2.19. The van der Waals surface area contributed by atoms with Gasteiger partial charge in [-0.25, -0.2) is 4.68 Å². The molecule has 3 rings (SSSR count). The average molecular weight is 445 g/mol. The van der Waals surface area contributed by atoms with Gasteiger partial charge in [-0.3, -0.25) is 4.18 Å². The monoisotopic (exact) mass is 444 g/mol. The Kier molecular flexibility index (Phi) is 6.37. The van der Waals surface area contributed by atoms with Gasteiger partial charge in [0.1, 0.15) is 0 Å². The van der Waals surface area contributed by atoms with Crippen LogP contribution in [0.3, 0.4) is 0 Å². The highest BCUT2D eigenvalue weighted by atomic mass is 79.9. The summed E-state index contributed by atoms with van der Waals surface area (Å²) in [6.07, 6.45) is 8.70. The third-order valence-electron chi connectivity index (χ3n) is 4.71. The molecule has 144 valence electrons. The van der Waals surface area contributed by atoms with Crippen LogP contribution in [0.4, 0.5) is 0 Å². The third-order valence-corrected chi connectivity index (χ3v) is 6.21. The first-order valence-corrected chi connectivity index (χ1v) is 11.6. The van der Waals surface area contributed by atoms with Crippen LogP contribution >= 0.6 is 15.9 Å². The molecule has 8 heteroatoms. The summed E-state index contributed by atoms with van der Waals surface area (Å²) in [6.45, 7) is 3.13. The number of ether oxygens (including phenoxy) is 1. The number of halogens is 1. The summed E-state index contributed by atoms with van der Waals surface area (Å²) in [5, 5.41) is 5.66. The molecule has 0 aliphatic carbocycles. The molecule has 0 amide bonds. The van der Waals surface area contributed by atoms with Crippen LogP contribution in [0.5, 0.6) is 0 Å². The molecular formula is C18H25BrN2O4S. The van der Waals surface area contributed by atoms with Crippen molar-refractivity contribution in [1.29, 1.82) is 0 Å². The SMILES string of the molecule is Cc1cc2c(cnn2C2CCCCO2)c(Br)c1CCCCOS(C)(=O)=O. The lowest BCUT2D eigenvalue weighted by Gasteiger charge is -2.23. The van der Waals surface area contributed by atoms with Crippen LogP contribution in [0.1, 0.15) is 49.5 Å². The van der Waals surface area contributed by atoms with E-state index in [0.717, 1.165) is 53.9 Å². The minimum Gasteiger partial charge on any atom is -0.356 e. The van der Waals surface area contributed by atoms with Crippen molar-refractivity contribution >= 4 is 37.0 Å². The van der Waals surface area contributed by atoms with Crippen molar-refractivity contribution in [1.82, 2.24) is 9.78 Å². The van der Waals surface area contributed by atoms with E-state index in [4.69, 9.17) is 8.92 Å². The molecule has 0 radical (unpaired) electrons. The van der Waals surface area contributed by atoms with E-state index in [0.29, 0.717) is 6.42 Å². The molecule has 1 aromatic heterocycles. The fourth-order valence-corrected chi connectivity index (χ4v) is 4.62. The number of nitrogens with zero attached hydrogens (tertiary/aromatic N) is 2. The molecule has 6 nitrogen and oxygen atoms in total. The van der Waals surface area contributed by atoms with Crippen LogP contribution in [0.15, 0.2) is 16.7 Å². The first kappa shape index (κ1) is 19.8. The molecule has 1 unspecified atom stereocenters. The zero-order valence-corrected chi connectivity index (χ0v) is 17.6. The Labute approximate surface area is 163 Å². The fraction of sp³-hybridized carbons (Fsp3) is 0.611. The highest BCUT2D eigenvalue weighted by Gasteiger charge is 2.20. The molecule has 1 aliphatic rings. The molecular weight excluding hydrogens is 420 g/mol. The summed E-state index contributed by atoms with van der Waals surface area (Å²) in [5.74, 6) is 0. The number of aromatic nitrogens is 2. The standard InChI is InChI=1S/C18H25BrN2O4S/c1-13-11-16-15(12-20-21(16)17-8-4-5-9-24-17)18(19)14(13)7-3-6-10-25-26(2,22)23/h11-12,17H,3-10H2,1-2H3. The Morgan fingerprint density at radius 3 is 2.88 bits per heavy atom. The number of unbranched alkanes of at least 4 members (excludes halogenated alkanes) is 1. The number of hydrogen-bond donors (Lipinski definition) is 0. The van der Waals surface area contributed by atoms with Gasteiger partial charge < -0.3 is 4.74 Å². The average Bonchev–Trinajstić information content (AvgIpc) is 3.01. The minimum atomic E-state index is -3.35. The van der Waals surface area contributed by atoms with Gasteiger partial charge in [0.2, 0.25) is 0 Å². The van der Waals surface area contributed by atoms with Crippen molar-refractivity contribution in [3.05, 3.63) is 27.9 Å². The smallest absolute Gasteiger partial charge is 0.264 e.